The average molecular weight is 377 g/mol. The fraction of sp³-hybridized carbons (Fsp3) is 0.400. The van der Waals surface area contributed by atoms with E-state index >= 15 is 0 Å². The molecule has 0 spiro atoms. The number of carbonyl (C=O) groups is 3. The lowest BCUT2D eigenvalue weighted by Crippen LogP contribution is -2.55. The Morgan fingerprint density at radius 1 is 1.38 bits per heavy atom. The Hall–Kier alpha value is -2.82. The number of hydrogen-bond acceptors (Lipinski definition) is 6. The molecule has 1 aliphatic heterocycles. The Labute approximate surface area is 145 Å². The molecule has 0 bridgehead atoms. The topological polar surface area (TPSA) is 102 Å². The monoisotopic (exact) mass is 377 g/mol. The van der Waals surface area contributed by atoms with Crippen molar-refractivity contribution in [1.29, 1.82) is 0 Å². The Kier molecular flexibility index (Phi) is 5.70. The van der Waals surface area contributed by atoms with Crippen LogP contribution in [0.2, 0.25) is 0 Å². The van der Waals surface area contributed by atoms with Crippen LogP contribution in [0.3, 0.4) is 0 Å². The molecule has 26 heavy (non-hydrogen) atoms. The first kappa shape index (κ1) is 19.5. The summed E-state index contributed by atoms with van der Waals surface area (Å²) in [6.45, 7) is 0.835. The molecular weight excluding hydrogens is 363 g/mol. The van der Waals surface area contributed by atoms with E-state index in [-0.39, 0.29) is 18.8 Å². The molecular formula is C15H14F3NO7. The van der Waals surface area contributed by atoms with Crippen LogP contribution in [0.4, 0.5) is 18.9 Å². The van der Waals surface area contributed by atoms with Gasteiger partial charge in [-0.1, -0.05) is 6.07 Å². The van der Waals surface area contributed by atoms with Gasteiger partial charge in [0.05, 0.1) is 6.61 Å². The zero-order valence-corrected chi connectivity index (χ0v) is 13.4. The van der Waals surface area contributed by atoms with Crippen LogP contribution in [0.5, 0.6) is 5.75 Å². The minimum atomic E-state index is -4.90. The van der Waals surface area contributed by atoms with Crippen molar-refractivity contribution in [1.82, 2.24) is 0 Å². The van der Waals surface area contributed by atoms with Crippen LogP contribution in [-0.2, 0) is 23.9 Å². The van der Waals surface area contributed by atoms with E-state index < -0.39 is 42.2 Å². The molecule has 1 amide bonds. The van der Waals surface area contributed by atoms with E-state index in [0.717, 1.165) is 24.0 Å². The van der Waals surface area contributed by atoms with Gasteiger partial charge in [-0.3, -0.25) is 9.59 Å². The van der Waals surface area contributed by atoms with Gasteiger partial charge >= 0.3 is 18.3 Å². The average Bonchev–Trinajstić information content (AvgIpc) is 2.51. The van der Waals surface area contributed by atoms with Crippen LogP contribution in [0.25, 0.3) is 0 Å². The lowest BCUT2D eigenvalue weighted by atomic mass is 10.1. The van der Waals surface area contributed by atoms with Crippen LogP contribution < -0.4 is 9.64 Å². The largest absolute Gasteiger partial charge is 0.573 e. The van der Waals surface area contributed by atoms with Crippen molar-refractivity contribution in [2.24, 2.45) is 0 Å². The van der Waals surface area contributed by atoms with Gasteiger partial charge in [-0.05, 0) is 12.1 Å². The van der Waals surface area contributed by atoms with Crippen molar-refractivity contribution < 1.29 is 46.9 Å². The summed E-state index contributed by atoms with van der Waals surface area (Å²) in [5.41, 5.74) is 0.0528. The molecule has 0 saturated carbocycles. The number of hydrogen-bond donors (Lipinski definition) is 1. The van der Waals surface area contributed by atoms with Gasteiger partial charge in [0.1, 0.15) is 5.75 Å². The number of carboxylic acids is 1. The smallest absolute Gasteiger partial charge is 0.478 e. The second-order valence-corrected chi connectivity index (χ2v) is 5.19. The second-order valence-electron chi connectivity index (χ2n) is 5.19. The van der Waals surface area contributed by atoms with Gasteiger partial charge in [-0.15, -0.1) is 13.2 Å². The summed E-state index contributed by atoms with van der Waals surface area (Å²) in [6.07, 6.45) is -8.41. The summed E-state index contributed by atoms with van der Waals surface area (Å²) < 4.78 is 50.5. The first-order valence-electron chi connectivity index (χ1n) is 7.27. The molecule has 2 unspecified atom stereocenters. The van der Waals surface area contributed by atoms with Gasteiger partial charge < -0.3 is 24.2 Å². The van der Waals surface area contributed by atoms with Gasteiger partial charge in [-0.2, -0.15) is 0 Å². The fourth-order valence-electron chi connectivity index (χ4n) is 2.35. The molecule has 2 atom stereocenters. The zero-order chi connectivity index (χ0) is 19.5. The molecule has 1 aliphatic rings. The third-order valence-corrected chi connectivity index (χ3v) is 3.30. The SMILES string of the molecule is CC(=O)OC(C(=O)O)C1OCCN(c2cccc(OC(F)(F)F)c2)C1=O. The normalized spacial score (nSPS) is 19.0. The second kappa shape index (κ2) is 7.60. The number of ether oxygens (including phenoxy) is 3. The number of amides is 1. The number of rotatable bonds is 5. The minimum absolute atomic E-state index is 0.0305. The molecule has 1 heterocycles. The lowest BCUT2D eigenvalue weighted by molar-refractivity contribution is -0.274. The van der Waals surface area contributed by atoms with Crippen molar-refractivity contribution in [3.8, 4) is 5.75 Å². The number of esters is 1. The third-order valence-electron chi connectivity index (χ3n) is 3.30. The van der Waals surface area contributed by atoms with E-state index in [4.69, 9.17) is 9.84 Å². The van der Waals surface area contributed by atoms with Crippen molar-refractivity contribution in [2.45, 2.75) is 25.5 Å². The first-order valence-corrected chi connectivity index (χ1v) is 7.27. The van der Waals surface area contributed by atoms with Crippen molar-refractivity contribution in [2.75, 3.05) is 18.1 Å². The highest BCUT2D eigenvalue weighted by molar-refractivity contribution is 6.00. The number of halogens is 3. The van der Waals surface area contributed by atoms with Gasteiger partial charge in [0.15, 0.2) is 6.10 Å². The Bertz CT molecular complexity index is 707. The number of carboxylic acid groups (broad SMARTS) is 1. The number of aliphatic carboxylic acids is 1. The lowest BCUT2D eigenvalue weighted by Gasteiger charge is -2.34. The highest BCUT2D eigenvalue weighted by atomic mass is 19.4. The molecule has 0 radical (unpaired) electrons. The van der Waals surface area contributed by atoms with Crippen molar-refractivity contribution in [3.63, 3.8) is 0 Å². The van der Waals surface area contributed by atoms with Gasteiger partial charge in [-0.25, -0.2) is 4.79 Å². The maximum absolute atomic E-state index is 12.5. The Morgan fingerprint density at radius 2 is 2.08 bits per heavy atom. The van der Waals surface area contributed by atoms with Crippen LogP contribution in [0.15, 0.2) is 24.3 Å². The molecule has 0 aromatic heterocycles. The molecule has 1 fully saturated rings. The number of anilines is 1. The number of alkyl halides is 3. The summed E-state index contributed by atoms with van der Waals surface area (Å²) in [5.74, 6) is -3.92. The van der Waals surface area contributed by atoms with Gasteiger partial charge in [0, 0.05) is 25.2 Å². The summed E-state index contributed by atoms with van der Waals surface area (Å²) in [7, 11) is 0. The molecule has 1 aromatic carbocycles. The molecule has 2 rings (SSSR count). The summed E-state index contributed by atoms with van der Waals surface area (Å²) in [4.78, 5) is 35.9. The van der Waals surface area contributed by atoms with Crippen LogP contribution >= 0.6 is 0 Å². The molecule has 1 saturated heterocycles. The third kappa shape index (κ3) is 4.85. The minimum Gasteiger partial charge on any atom is -0.478 e. The highest BCUT2D eigenvalue weighted by Crippen LogP contribution is 2.28. The number of carbonyl (C=O) groups excluding carboxylic acids is 2. The zero-order valence-electron chi connectivity index (χ0n) is 13.4. The molecule has 142 valence electrons. The van der Waals surface area contributed by atoms with E-state index in [0.29, 0.717) is 0 Å². The summed E-state index contributed by atoms with van der Waals surface area (Å²) in [6, 6.07) is 4.63. The van der Waals surface area contributed by atoms with E-state index in [9.17, 15) is 27.6 Å². The number of nitrogens with zero attached hydrogens (tertiary/aromatic N) is 1. The van der Waals surface area contributed by atoms with Crippen molar-refractivity contribution >= 4 is 23.5 Å². The van der Waals surface area contributed by atoms with E-state index in [1.165, 1.54) is 12.1 Å². The van der Waals surface area contributed by atoms with E-state index in [2.05, 4.69) is 9.47 Å². The standard InChI is InChI=1S/C15H14F3NO7/c1-8(20)25-12(14(22)23)11-13(21)19(5-6-24-11)9-3-2-4-10(7-9)26-15(16,17)18/h2-4,7,11-12H,5-6H2,1H3,(H,22,23). The van der Waals surface area contributed by atoms with Crippen LogP contribution in [-0.4, -0.2) is 54.7 Å². The van der Waals surface area contributed by atoms with Crippen LogP contribution in [0.1, 0.15) is 6.92 Å². The van der Waals surface area contributed by atoms with Crippen LogP contribution in [0, 0.1) is 0 Å². The maximum Gasteiger partial charge on any atom is 0.573 e. The molecule has 1 N–H and O–H groups in total. The molecule has 0 aliphatic carbocycles. The predicted molar refractivity (Wildman–Crippen MR) is 78.4 cm³/mol. The summed E-state index contributed by atoms with van der Waals surface area (Å²) >= 11 is 0. The molecule has 11 heteroatoms. The van der Waals surface area contributed by atoms with E-state index in [1.807, 2.05) is 0 Å². The molecule has 8 nitrogen and oxygen atoms in total. The fourth-order valence-corrected chi connectivity index (χ4v) is 2.35. The quantitative estimate of drug-likeness (QED) is 0.773. The predicted octanol–water partition coefficient (Wildman–Crippen LogP) is 1.33. The van der Waals surface area contributed by atoms with Gasteiger partial charge in [0.25, 0.3) is 5.91 Å². The Balaban J connectivity index is 2.25. The van der Waals surface area contributed by atoms with Crippen molar-refractivity contribution in [3.05, 3.63) is 24.3 Å². The number of morpholine rings is 1. The highest BCUT2D eigenvalue weighted by Gasteiger charge is 2.42. The van der Waals surface area contributed by atoms with Gasteiger partial charge in [0.2, 0.25) is 6.10 Å². The maximum atomic E-state index is 12.5. The Morgan fingerprint density at radius 3 is 2.65 bits per heavy atom. The number of benzene rings is 1. The summed E-state index contributed by atoms with van der Waals surface area (Å²) in [5, 5.41) is 9.15. The van der Waals surface area contributed by atoms with E-state index in [1.54, 1.807) is 0 Å². The first-order chi connectivity index (χ1) is 12.1. The molecule has 1 aromatic rings.